The van der Waals surface area contributed by atoms with Gasteiger partial charge in [-0.2, -0.15) is 0 Å². The maximum Gasteiger partial charge on any atom is -0.0329 e. The molecule has 0 heterocycles. The van der Waals surface area contributed by atoms with Crippen LogP contribution in [0.25, 0.3) is 0 Å². The summed E-state index contributed by atoms with van der Waals surface area (Å²) in [5.41, 5.74) is 0.541. The standard InChI is InChI=1S/C33H68/c1-9-23-29(3)26-27-31(5)30(4)25-21-19-17-15-13-11-12-14-16-18-20-22-28-33(7,8)32(6)24-10-2/h29-32H,9-28H2,1-8H3. The van der Waals surface area contributed by atoms with Crippen LogP contribution in [-0.2, 0) is 0 Å². The molecule has 200 valence electrons. The van der Waals surface area contributed by atoms with Crippen molar-refractivity contribution in [3.05, 3.63) is 0 Å². The minimum atomic E-state index is 0.541. The van der Waals surface area contributed by atoms with Crippen molar-refractivity contribution in [2.45, 2.75) is 184 Å². The second-order valence-electron chi connectivity index (χ2n) is 12.9. The number of rotatable bonds is 24. The van der Waals surface area contributed by atoms with Crippen molar-refractivity contribution in [1.29, 1.82) is 0 Å². The summed E-state index contributed by atoms with van der Waals surface area (Å²) in [6.07, 6.45) is 28.9. The van der Waals surface area contributed by atoms with Gasteiger partial charge in [0.25, 0.3) is 0 Å². The third-order valence-electron chi connectivity index (χ3n) is 9.15. The van der Waals surface area contributed by atoms with Gasteiger partial charge >= 0.3 is 0 Å². The molecule has 0 bridgehead atoms. The molecule has 0 amide bonds. The van der Waals surface area contributed by atoms with Crippen molar-refractivity contribution in [2.75, 3.05) is 0 Å². The van der Waals surface area contributed by atoms with Gasteiger partial charge in [-0.3, -0.25) is 0 Å². The van der Waals surface area contributed by atoms with E-state index in [4.69, 9.17) is 0 Å². The van der Waals surface area contributed by atoms with E-state index in [1.54, 1.807) is 0 Å². The first-order chi connectivity index (χ1) is 15.7. The molecule has 0 heteroatoms. The van der Waals surface area contributed by atoms with Crippen molar-refractivity contribution in [1.82, 2.24) is 0 Å². The zero-order valence-corrected chi connectivity index (χ0v) is 25.0. The topological polar surface area (TPSA) is 0 Å². The average molecular weight is 465 g/mol. The van der Waals surface area contributed by atoms with Crippen molar-refractivity contribution in [2.24, 2.45) is 29.1 Å². The molecule has 4 unspecified atom stereocenters. The molecule has 0 aromatic carbocycles. The summed E-state index contributed by atoms with van der Waals surface area (Å²) in [5.74, 6) is 3.64. The normalized spacial score (nSPS) is 16.0. The van der Waals surface area contributed by atoms with Crippen LogP contribution in [0.4, 0.5) is 0 Å². The van der Waals surface area contributed by atoms with Gasteiger partial charge < -0.3 is 0 Å². The van der Waals surface area contributed by atoms with Gasteiger partial charge in [-0.1, -0.05) is 177 Å². The predicted molar refractivity (Wildman–Crippen MR) is 154 cm³/mol. The second kappa shape index (κ2) is 21.3. The fraction of sp³-hybridized carbons (Fsp3) is 1.00. The molecule has 0 aliphatic rings. The van der Waals surface area contributed by atoms with Crippen molar-refractivity contribution < 1.29 is 0 Å². The average Bonchev–Trinajstić information content (AvgIpc) is 2.77. The zero-order valence-electron chi connectivity index (χ0n) is 25.0. The molecule has 0 aliphatic carbocycles. The van der Waals surface area contributed by atoms with Crippen LogP contribution >= 0.6 is 0 Å². The van der Waals surface area contributed by atoms with Crippen molar-refractivity contribution >= 4 is 0 Å². The highest BCUT2D eigenvalue weighted by Crippen LogP contribution is 2.35. The van der Waals surface area contributed by atoms with Gasteiger partial charge in [0.05, 0.1) is 0 Å². The molecule has 0 radical (unpaired) electrons. The molecule has 4 atom stereocenters. The molecule has 0 N–H and O–H groups in total. The summed E-state index contributed by atoms with van der Waals surface area (Å²) in [6.45, 7) is 19.5. The summed E-state index contributed by atoms with van der Waals surface area (Å²) < 4.78 is 0. The summed E-state index contributed by atoms with van der Waals surface area (Å²) in [5, 5.41) is 0. The van der Waals surface area contributed by atoms with Crippen LogP contribution in [0.3, 0.4) is 0 Å². The Morgan fingerprint density at radius 3 is 1.36 bits per heavy atom. The van der Waals surface area contributed by atoms with Crippen LogP contribution in [0, 0.1) is 29.1 Å². The van der Waals surface area contributed by atoms with Crippen LogP contribution < -0.4 is 0 Å². The highest BCUT2D eigenvalue weighted by molar-refractivity contribution is 4.75. The molecular weight excluding hydrogens is 396 g/mol. The Hall–Kier alpha value is 0. The minimum absolute atomic E-state index is 0.541. The first kappa shape index (κ1) is 33.0. The SMILES string of the molecule is CCCC(C)CCC(C)C(C)CCCCCCCCCCCCCCC(C)(C)C(C)CCC. The molecule has 0 saturated heterocycles. The van der Waals surface area contributed by atoms with E-state index < -0.39 is 0 Å². The van der Waals surface area contributed by atoms with Crippen LogP contribution in [0.5, 0.6) is 0 Å². The third kappa shape index (κ3) is 18.9. The fourth-order valence-corrected chi connectivity index (χ4v) is 5.64. The zero-order chi connectivity index (χ0) is 25.0. The third-order valence-corrected chi connectivity index (χ3v) is 9.15. The number of hydrogen-bond donors (Lipinski definition) is 0. The summed E-state index contributed by atoms with van der Waals surface area (Å²) in [6, 6.07) is 0. The van der Waals surface area contributed by atoms with Crippen LogP contribution in [0.15, 0.2) is 0 Å². The van der Waals surface area contributed by atoms with Crippen molar-refractivity contribution in [3.63, 3.8) is 0 Å². The first-order valence-corrected chi connectivity index (χ1v) is 15.7. The molecule has 0 nitrogen and oxygen atoms in total. The van der Waals surface area contributed by atoms with Gasteiger partial charge in [-0.25, -0.2) is 0 Å². The first-order valence-electron chi connectivity index (χ1n) is 15.7. The molecule has 0 aliphatic heterocycles. The van der Waals surface area contributed by atoms with E-state index in [1.807, 2.05) is 0 Å². The fourth-order valence-electron chi connectivity index (χ4n) is 5.64. The number of unbranched alkanes of at least 4 members (excludes halogenated alkanes) is 11. The Bertz CT molecular complexity index is 395. The maximum absolute atomic E-state index is 2.50. The van der Waals surface area contributed by atoms with Gasteiger partial charge in [-0.05, 0) is 35.5 Å². The van der Waals surface area contributed by atoms with E-state index >= 15 is 0 Å². The van der Waals surface area contributed by atoms with Crippen LogP contribution in [0.2, 0.25) is 0 Å². The largest absolute Gasteiger partial charge is 0.0654 e. The van der Waals surface area contributed by atoms with Crippen molar-refractivity contribution in [3.8, 4) is 0 Å². The van der Waals surface area contributed by atoms with E-state index in [0.717, 1.165) is 23.7 Å². The minimum Gasteiger partial charge on any atom is -0.0654 e. The highest BCUT2D eigenvalue weighted by Gasteiger charge is 2.24. The lowest BCUT2D eigenvalue weighted by atomic mass is 9.74. The molecule has 33 heavy (non-hydrogen) atoms. The van der Waals surface area contributed by atoms with Gasteiger partial charge in [0.2, 0.25) is 0 Å². The molecule has 0 saturated carbocycles. The molecule has 0 rings (SSSR count). The van der Waals surface area contributed by atoms with E-state index in [0.29, 0.717) is 5.41 Å². The molecule has 0 aromatic heterocycles. The second-order valence-corrected chi connectivity index (χ2v) is 12.9. The monoisotopic (exact) mass is 465 g/mol. The van der Waals surface area contributed by atoms with Crippen LogP contribution in [-0.4, -0.2) is 0 Å². The Morgan fingerprint density at radius 2 is 0.879 bits per heavy atom. The Labute approximate surface area is 212 Å². The number of hydrogen-bond acceptors (Lipinski definition) is 0. The summed E-state index contributed by atoms with van der Waals surface area (Å²) >= 11 is 0. The molecular formula is C33H68. The Balaban J connectivity index is 3.44. The van der Waals surface area contributed by atoms with Crippen LogP contribution in [0.1, 0.15) is 184 Å². The summed E-state index contributed by atoms with van der Waals surface area (Å²) in [4.78, 5) is 0. The molecule has 0 spiro atoms. The lowest BCUT2D eigenvalue weighted by molar-refractivity contribution is 0.192. The lowest BCUT2D eigenvalue weighted by Gasteiger charge is -2.32. The lowest BCUT2D eigenvalue weighted by Crippen LogP contribution is -2.21. The maximum atomic E-state index is 2.50. The molecule has 0 fully saturated rings. The molecule has 0 aromatic rings. The van der Waals surface area contributed by atoms with Gasteiger partial charge in [-0.15, -0.1) is 0 Å². The van der Waals surface area contributed by atoms with E-state index in [1.165, 1.54) is 128 Å². The van der Waals surface area contributed by atoms with Gasteiger partial charge in [0.15, 0.2) is 0 Å². The predicted octanol–water partition coefficient (Wildman–Crippen LogP) is 12.4. The van der Waals surface area contributed by atoms with Gasteiger partial charge in [0, 0.05) is 0 Å². The van der Waals surface area contributed by atoms with E-state index in [2.05, 4.69) is 55.4 Å². The van der Waals surface area contributed by atoms with Gasteiger partial charge in [0.1, 0.15) is 0 Å². The van der Waals surface area contributed by atoms with E-state index in [9.17, 15) is 0 Å². The highest BCUT2D eigenvalue weighted by atomic mass is 14.3. The Kier molecular flexibility index (Phi) is 21.3. The smallest absolute Gasteiger partial charge is 0.0329 e. The van der Waals surface area contributed by atoms with E-state index in [-0.39, 0.29) is 0 Å². The summed E-state index contributed by atoms with van der Waals surface area (Å²) in [7, 11) is 0. The Morgan fingerprint density at radius 1 is 0.455 bits per heavy atom. The quantitative estimate of drug-likeness (QED) is 0.125.